The maximum atomic E-state index is 14.2. The molecule has 1 aliphatic heterocycles. The van der Waals surface area contributed by atoms with Gasteiger partial charge in [0, 0.05) is 31.3 Å². The van der Waals surface area contributed by atoms with Crippen LogP contribution in [-0.2, 0) is 38.1 Å². The molecule has 3 fully saturated rings. The number of hydrogen-bond donors (Lipinski definition) is 1. The lowest BCUT2D eigenvalue weighted by Crippen LogP contribution is -2.43. The zero-order valence-corrected chi connectivity index (χ0v) is 23.7. The first-order chi connectivity index (χ1) is 17.6. The van der Waals surface area contributed by atoms with Gasteiger partial charge in [-0.2, -0.15) is 0 Å². The van der Waals surface area contributed by atoms with E-state index in [9.17, 15) is 24.3 Å². The fourth-order valence-corrected chi connectivity index (χ4v) is 7.25. The van der Waals surface area contributed by atoms with E-state index in [1.807, 2.05) is 20.8 Å². The second-order valence-electron chi connectivity index (χ2n) is 12.2. The molecule has 0 unspecified atom stereocenters. The van der Waals surface area contributed by atoms with E-state index in [0.29, 0.717) is 17.6 Å². The van der Waals surface area contributed by atoms with E-state index in [0.717, 1.165) is 0 Å². The van der Waals surface area contributed by atoms with Crippen molar-refractivity contribution in [3.8, 4) is 0 Å². The number of ether oxygens (including phenoxy) is 4. The molecule has 0 aromatic heterocycles. The fourth-order valence-electron chi connectivity index (χ4n) is 7.25. The molecular weight excluding hydrogens is 492 g/mol. The van der Waals surface area contributed by atoms with Crippen LogP contribution in [0.4, 0.5) is 0 Å². The average molecular weight is 533 g/mol. The first-order valence-electron chi connectivity index (χ1n) is 13.4. The normalized spacial score (nSPS) is 43.4. The smallest absolute Gasteiger partial charge is 0.334 e. The van der Waals surface area contributed by atoms with E-state index in [2.05, 4.69) is 0 Å². The number of hydrogen-bond acceptors (Lipinski definition) is 9. The maximum absolute atomic E-state index is 14.2. The summed E-state index contributed by atoms with van der Waals surface area (Å²) in [6, 6.07) is 0. The zero-order valence-electron chi connectivity index (χ0n) is 23.7. The zero-order chi connectivity index (χ0) is 28.5. The monoisotopic (exact) mass is 532 g/mol. The molecule has 0 spiro atoms. The summed E-state index contributed by atoms with van der Waals surface area (Å²) in [7, 11) is 0. The highest BCUT2D eigenvalue weighted by Crippen LogP contribution is 2.68. The Hall–Kier alpha value is -2.52. The minimum Gasteiger partial charge on any atom is -0.461 e. The molecule has 9 nitrogen and oxygen atoms in total. The van der Waals surface area contributed by atoms with E-state index in [1.54, 1.807) is 39.8 Å². The van der Waals surface area contributed by atoms with Gasteiger partial charge in [0.2, 0.25) is 0 Å². The van der Waals surface area contributed by atoms with Crippen molar-refractivity contribution in [3.63, 3.8) is 0 Å². The fraction of sp³-hybridized carbons (Fsp3) is 0.724. The van der Waals surface area contributed by atoms with Crippen LogP contribution in [0.15, 0.2) is 23.3 Å². The average Bonchev–Trinajstić information content (AvgIpc) is 3.62. The summed E-state index contributed by atoms with van der Waals surface area (Å²) in [5, 5.41) is 11.7. The van der Waals surface area contributed by atoms with Crippen LogP contribution in [-0.4, -0.2) is 64.4 Å². The van der Waals surface area contributed by atoms with Crippen molar-refractivity contribution < 1.29 is 43.2 Å². The Morgan fingerprint density at radius 1 is 1.05 bits per heavy atom. The molecule has 2 saturated carbocycles. The van der Waals surface area contributed by atoms with Crippen molar-refractivity contribution in [3.05, 3.63) is 23.3 Å². The predicted molar refractivity (Wildman–Crippen MR) is 135 cm³/mol. The maximum Gasteiger partial charge on any atom is 0.334 e. The molecule has 1 N–H and O–H groups in total. The van der Waals surface area contributed by atoms with Gasteiger partial charge in [0.25, 0.3) is 0 Å². The first kappa shape index (κ1) is 28.5. The largest absolute Gasteiger partial charge is 0.461 e. The molecule has 210 valence electrons. The standard InChI is InChI=1S/C29H40O9/c1-10-13(2)26(34)37-22-14(3)11-29-25(36-18(7)31)15(4)12-28(29,38-29)24(33)16(5)23(35-17(6)30)20-19(21(22)32)27(20,8)9/h10-11,15-16,19-23,25,32H,12H2,1-9H3/t15-,16-,19+,20-,21+,22+,23-,25-,28-,29-/m0/s1. The molecule has 0 aromatic rings. The summed E-state index contributed by atoms with van der Waals surface area (Å²) >= 11 is 0. The van der Waals surface area contributed by atoms with Crippen molar-refractivity contribution in [1.82, 2.24) is 0 Å². The lowest BCUT2D eigenvalue weighted by Gasteiger charge is -2.28. The Bertz CT molecular complexity index is 1120. The van der Waals surface area contributed by atoms with Gasteiger partial charge in [-0.05, 0) is 50.2 Å². The molecule has 4 rings (SSSR count). The third kappa shape index (κ3) is 4.13. The topological polar surface area (TPSA) is 129 Å². The van der Waals surface area contributed by atoms with Gasteiger partial charge in [-0.15, -0.1) is 0 Å². The SMILES string of the molecule is CC=C(C)C(=O)O[C@@H]1C(C)=C[C@@]23O[C@@]2(C[C@H](C)[C@@H]3OC(C)=O)C(=O)[C@@H](C)[C@H](OC(C)=O)[C@@H]2[C@H]([C@H]1O)C2(C)C. The van der Waals surface area contributed by atoms with Crippen LogP contribution in [0.5, 0.6) is 0 Å². The van der Waals surface area contributed by atoms with Crippen LogP contribution in [0, 0.1) is 29.1 Å². The number of ketones is 1. The molecular formula is C29H40O9. The van der Waals surface area contributed by atoms with Crippen LogP contribution < -0.4 is 0 Å². The summed E-state index contributed by atoms with van der Waals surface area (Å²) in [4.78, 5) is 51.3. The highest BCUT2D eigenvalue weighted by atomic mass is 16.7. The predicted octanol–water partition coefficient (Wildman–Crippen LogP) is 3.07. The van der Waals surface area contributed by atoms with Crippen LogP contribution in [0.1, 0.15) is 68.7 Å². The van der Waals surface area contributed by atoms with Gasteiger partial charge in [-0.25, -0.2) is 4.79 Å². The minimum absolute atomic E-state index is 0.204. The third-order valence-electron chi connectivity index (χ3n) is 9.29. The quantitative estimate of drug-likeness (QED) is 0.191. The van der Waals surface area contributed by atoms with E-state index in [4.69, 9.17) is 18.9 Å². The molecule has 38 heavy (non-hydrogen) atoms. The van der Waals surface area contributed by atoms with Gasteiger partial charge in [0.15, 0.2) is 17.0 Å². The summed E-state index contributed by atoms with van der Waals surface area (Å²) in [6.45, 7) is 15.2. The molecule has 10 atom stereocenters. The Balaban J connectivity index is 1.89. The van der Waals surface area contributed by atoms with Gasteiger partial charge in [0.1, 0.15) is 18.3 Å². The van der Waals surface area contributed by atoms with Crippen molar-refractivity contribution in [1.29, 1.82) is 0 Å². The second kappa shape index (κ2) is 9.30. The molecule has 4 aliphatic rings. The Morgan fingerprint density at radius 2 is 1.66 bits per heavy atom. The number of rotatable bonds is 4. The third-order valence-corrected chi connectivity index (χ3v) is 9.29. The van der Waals surface area contributed by atoms with Crippen LogP contribution in [0.3, 0.4) is 0 Å². The van der Waals surface area contributed by atoms with E-state index >= 15 is 0 Å². The van der Waals surface area contributed by atoms with Gasteiger partial charge in [-0.1, -0.05) is 33.8 Å². The number of esters is 3. The first-order valence-corrected chi connectivity index (χ1v) is 13.4. The van der Waals surface area contributed by atoms with Crippen molar-refractivity contribution >= 4 is 23.7 Å². The summed E-state index contributed by atoms with van der Waals surface area (Å²) in [5.74, 6) is -3.56. The molecule has 0 radical (unpaired) electrons. The van der Waals surface area contributed by atoms with Gasteiger partial charge < -0.3 is 24.1 Å². The van der Waals surface area contributed by atoms with Crippen molar-refractivity contribution in [2.24, 2.45) is 29.1 Å². The molecule has 0 aromatic carbocycles. The molecule has 1 heterocycles. The van der Waals surface area contributed by atoms with E-state index in [-0.39, 0.29) is 17.6 Å². The Morgan fingerprint density at radius 3 is 2.21 bits per heavy atom. The molecule has 9 heteroatoms. The molecule has 0 amide bonds. The number of aliphatic hydroxyl groups excluding tert-OH is 1. The molecule has 0 bridgehead atoms. The number of allylic oxidation sites excluding steroid dienone is 1. The van der Waals surface area contributed by atoms with E-state index < -0.39 is 70.8 Å². The number of carbonyl (C=O) groups excluding carboxylic acids is 4. The Labute approximate surface area is 223 Å². The summed E-state index contributed by atoms with van der Waals surface area (Å²) in [6.07, 6.45) is -0.128. The van der Waals surface area contributed by atoms with Crippen LogP contribution >= 0.6 is 0 Å². The second-order valence-corrected chi connectivity index (χ2v) is 12.2. The highest BCUT2D eigenvalue weighted by molar-refractivity contribution is 5.96. The Kier molecular flexibility index (Phi) is 6.97. The van der Waals surface area contributed by atoms with Gasteiger partial charge >= 0.3 is 17.9 Å². The number of carbonyl (C=O) groups is 4. The summed E-state index contributed by atoms with van der Waals surface area (Å²) < 4.78 is 23.6. The van der Waals surface area contributed by atoms with Crippen molar-refractivity contribution in [2.45, 2.75) is 104 Å². The number of fused-ring (bicyclic) bond motifs is 1. The number of Topliss-reactive ketones (excluding diaryl/α,β-unsaturated/α-hetero) is 1. The lowest BCUT2D eigenvalue weighted by atomic mass is 9.80. The van der Waals surface area contributed by atoms with Crippen molar-refractivity contribution in [2.75, 3.05) is 0 Å². The van der Waals surface area contributed by atoms with Crippen LogP contribution in [0.2, 0.25) is 0 Å². The molecule has 3 aliphatic carbocycles. The van der Waals surface area contributed by atoms with Gasteiger partial charge in [0.05, 0.1) is 12.0 Å². The number of aliphatic hydroxyl groups is 1. The van der Waals surface area contributed by atoms with E-state index in [1.165, 1.54) is 13.8 Å². The van der Waals surface area contributed by atoms with Crippen LogP contribution in [0.25, 0.3) is 0 Å². The molecule has 1 saturated heterocycles. The highest BCUT2D eigenvalue weighted by Gasteiger charge is 2.84. The number of epoxide rings is 1. The van der Waals surface area contributed by atoms with Gasteiger partial charge in [-0.3, -0.25) is 14.4 Å². The lowest BCUT2D eigenvalue weighted by molar-refractivity contribution is -0.154. The minimum atomic E-state index is -1.29. The summed E-state index contributed by atoms with van der Waals surface area (Å²) in [5.41, 5.74) is -2.19.